The molecular weight excluding hydrogens is 462 g/mol. The fraction of sp³-hybridized carbons (Fsp3) is 0.158. The Morgan fingerprint density at radius 3 is 2.55 bits per heavy atom. The third kappa shape index (κ3) is 6.48. The van der Waals surface area contributed by atoms with Crippen molar-refractivity contribution < 1.29 is 19.1 Å². The van der Waals surface area contributed by atoms with Gasteiger partial charge in [0, 0.05) is 10.7 Å². The maximum Gasteiger partial charge on any atom is 0.273 e. The summed E-state index contributed by atoms with van der Waals surface area (Å²) < 4.78 is 10.9. The van der Waals surface area contributed by atoms with E-state index in [-0.39, 0.29) is 11.3 Å². The summed E-state index contributed by atoms with van der Waals surface area (Å²) in [6, 6.07) is 12.0. The Labute approximate surface area is 191 Å². The number of rotatable bonds is 8. The highest BCUT2D eigenvalue weighted by atomic mass is 35.5. The predicted molar refractivity (Wildman–Crippen MR) is 121 cm³/mol. The minimum atomic E-state index is -0.542. The zero-order chi connectivity index (χ0) is 22.2. The van der Waals surface area contributed by atoms with Crippen molar-refractivity contribution in [2.75, 3.05) is 25.3 Å². The van der Waals surface area contributed by atoms with E-state index in [4.69, 9.17) is 21.1 Å². The fourth-order valence-corrected chi connectivity index (χ4v) is 4.08. The number of aromatic nitrogens is 2. The van der Waals surface area contributed by atoms with E-state index >= 15 is 0 Å². The molecule has 0 aliphatic carbocycles. The quantitative estimate of drug-likeness (QED) is 0.332. The lowest BCUT2D eigenvalue weighted by molar-refractivity contribution is -0.119. The van der Waals surface area contributed by atoms with Gasteiger partial charge in [0.15, 0.2) is 4.34 Å². The molecule has 0 radical (unpaired) electrons. The van der Waals surface area contributed by atoms with Crippen molar-refractivity contribution in [2.45, 2.75) is 4.34 Å². The number of hydrazine groups is 1. The Balaban J connectivity index is 1.46. The zero-order valence-corrected chi connectivity index (χ0v) is 18.9. The van der Waals surface area contributed by atoms with Crippen LogP contribution < -0.4 is 25.6 Å². The second kappa shape index (κ2) is 10.8. The third-order valence-electron chi connectivity index (χ3n) is 3.80. The predicted octanol–water partition coefficient (Wildman–Crippen LogP) is 3.51. The van der Waals surface area contributed by atoms with E-state index in [9.17, 15) is 9.59 Å². The topological polar surface area (TPSA) is 114 Å². The van der Waals surface area contributed by atoms with Crippen molar-refractivity contribution >= 4 is 57.3 Å². The molecule has 3 rings (SSSR count). The normalized spacial score (nSPS) is 10.3. The van der Waals surface area contributed by atoms with E-state index in [2.05, 4.69) is 26.4 Å². The van der Waals surface area contributed by atoms with Crippen LogP contribution in [0.2, 0.25) is 5.02 Å². The molecule has 162 valence electrons. The molecule has 0 spiro atoms. The first kappa shape index (κ1) is 22.7. The molecule has 0 bridgehead atoms. The molecular formula is C19H18ClN5O4S2. The molecule has 1 aromatic heterocycles. The first-order valence-corrected chi connectivity index (χ1v) is 11.0. The van der Waals surface area contributed by atoms with Crippen molar-refractivity contribution in [1.82, 2.24) is 21.0 Å². The number of amides is 2. The van der Waals surface area contributed by atoms with Gasteiger partial charge in [-0.15, -0.1) is 10.2 Å². The molecule has 0 aliphatic heterocycles. The number of anilines is 2. The van der Waals surface area contributed by atoms with Crippen molar-refractivity contribution in [3.63, 3.8) is 0 Å². The number of thioether (sulfide) groups is 1. The molecule has 31 heavy (non-hydrogen) atoms. The Morgan fingerprint density at radius 2 is 1.84 bits per heavy atom. The van der Waals surface area contributed by atoms with Gasteiger partial charge in [0.2, 0.25) is 11.0 Å². The van der Waals surface area contributed by atoms with Crippen LogP contribution in [-0.4, -0.2) is 42.0 Å². The van der Waals surface area contributed by atoms with E-state index in [1.807, 2.05) is 24.3 Å². The van der Waals surface area contributed by atoms with E-state index in [1.54, 1.807) is 19.2 Å². The number of halogens is 1. The highest BCUT2D eigenvalue weighted by Crippen LogP contribution is 2.28. The molecule has 0 unspecified atom stereocenters. The molecule has 0 saturated heterocycles. The van der Waals surface area contributed by atoms with Gasteiger partial charge in [0.25, 0.3) is 5.91 Å². The summed E-state index contributed by atoms with van der Waals surface area (Å²) in [6.07, 6.45) is 0. The molecule has 0 saturated carbocycles. The van der Waals surface area contributed by atoms with Gasteiger partial charge in [0.1, 0.15) is 11.5 Å². The summed E-state index contributed by atoms with van der Waals surface area (Å²) in [5, 5.41) is 12.2. The number of ether oxygens (including phenoxy) is 2. The summed E-state index contributed by atoms with van der Waals surface area (Å²) in [7, 11) is 3.04. The number of hydrogen-bond acceptors (Lipinski definition) is 9. The first-order chi connectivity index (χ1) is 15.0. The minimum absolute atomic E-state index is 0.0458. The van der Waals surface area contributed by atoms with Crippen LogP contribution in [0.3, 0.4) is 0 Å². The van der Waals surface area contributed by atoms with Gasteiger partial charge in [-0.1, -0.05) is 34.7 Å². The average molecular weight is 480 g/mol. The molecule has 3 N–H and O–H groups in total. The highest BCUT2D eigenvalue weighted by Gasteiger charge is 2.14. The van der Waals surface area contributed by atoms with Gasteiger partial charge in [0.05, 0.1) is 25.5 Å². The van der Waals surface area contributed by atoms with Gasteiger partial charge in [-0.2, -0.15) is 0 Å². The number of hydrogen-bond donors (Lipinski definition) is 3. The smallest absolute Gasteiger partial charge is 0.273 e. The van der Waals surface area contributed by atoms with Crippen molar-refractivity contribution in [3.8, 4) is 11.5 Å². The molecule has 2 amide bonds. The maximum atomic E-state index is 12.3. The molecule has 0 aliphatic rings. The lowest BCUT2D eigenvalue weighted by atomic mass is 10.2. The van der Waals surface area contributed by atoms with Gasteiger partial charge < -0.3 is 14.8 Å². The summed E-state index contributed by atoms with van der Waals surface area (Å²) in [5.41, 5.74) is 5.74. The number of carbonyl (C=O) groups excluding carboxylic acids is 2. The Hall–Kier alpha value is -3.02. The Morgan fingerprint density at radius 1 is 1.06 bits per heavy atom. The molecule has 3 aromatic rings. The number of methoxy groups -OCH3 is 2. The van der Waals surface area contributed by atoms with Crippen LogP contribution in [0.15, 0.2) is 46.8 Å². The average Bonchev–Trinajstić information content (AvgIpc) is 3.23. The SMILES string of the molecule is COc1ccc(Nc2nnc(SCC(=O)NNC(=O)c3cc(Cl)ccc3OC)s2)cc1. The lowest BCUT2D eigenvalue weighted by Crippen LogP contribution is -2.42. The Bertz CT molecular complexity index is 1060. The van der Waals surface area contributed by atoms with Crippen molar-refractivity contribution in [1.29, 1.82) is 0 Å². The lowest BCUT2D eigenvalue weighted by Gasteiger charge is -2.10. The van der Waals surface area contributed by atoms with Crippen LogP contribution >= 0.6 is 34.7 Å². The number of benzene rings is 2. The summed E-state index contributed by atoms with van der Waals surface area (Å²) in [6.45, 7) is 0. The third-order valence-corrected chi connectivity index (χ3v) is 6.00. The molecule has 2 aromatic carbocycles. The van der Waals surface area contributed by atoms with E-state index in [0.717, 1.165) is 11.4 Å². The largest absolute Gasteiger partial charge is 0.497 e. The molecule has 9 nitrogen and oxygen atoms in total. The molecule has 0 fully saturated rings. The van der Waals surface area contributed by atoms with Crippen LogP contribution in [0.25, 0.3) is 0 Å². The molecule has 12 heteroatoms. The van der Waals surface area contributed by atoms with Crippen LogP contribution in [0.5, 0.6) is 11.5 Å². The second-order valence-corrected chi connectivity index (χ2v) is 8.50. The molecule has 0 atom stereocenters. The summed E-state index contributed by atoms with van der Waals surface area (Å²) in [5.74, 6) is 0.200. The monoisotopic (exact) mass is 479 g/mol. The van der Waals surface area contributed by atoms with Crippen LogP contribution in [0, 0.1) is 0 Å². The van der Waals surface area contributed by atoms with E-state index < -0.39 is 11.8 Å². The second-order valence-electron chi connectivity index (χ2n) is 5.86. The summed E-state index contributed by atoms with van der Waals surface area (Å²) >= 11 is 8.42. The summed E-state index contributed by atoms with van der Waals surface area (Å²) in [4.78, 5) is 24.3. The number of nitrogens with one attached hydrogen (secondary N) is 3. The standard InChI is InChI=1S/C19H18ClN5O4S2/c1-28-13-6-4-12(5-7-13)21-18-24-25-19(31-18)30-10-16(26)22-23-17(27)14-9-11(20)3-8-15(14)29-2/h3-9H,10H2,1-2H3,(H,21,24)(H,22,26)(H,23,27). The van der Waals surface area contributed by atoms with Gasteiger partial charge in [-0.05, 0) is 42.5 Å². The highest BCUT2D eigenvalue weighted by molar-refractivity contribution is 8.01. The zero-order valence-electron chi connectivity index (χ0n) is 16.5. The maximum absolute atomic E-state index is 12.3. The Kier molecular flexibility index (Phi) is 7.93. The number of carbonyl (C=O) groups is 2. The van der Waals surface area contributed by atoms with Gasteiger partial charge >= 0.3 is 0 Å². The fourth-order valence-electron chi connectivity index (χ4n) is 2.33. The molecule has 1 heterocycles. The van der Waals surface area contributed by atoms with Crippen molar-refractivity contribution in [2.24, 2.45) is 0 Å². The van der Waals surface area contributed by atoms with Crippen LogP contribution in [-0.2, 0) is 4.79 Å². The van der Waals surface area contributed by atoms with Crippen LogP contribution in [0.4, 0.5) is 10.8 Å². The van der Waals surface area contributed by atoms with Gasteiger partial charge in [-0.25, -0.2) is 0 Å². The van der Waals surface area contributed by atoms with E-state index in [0.29, 0.717) is 20.2 Å². The minimum Gasteiger partial charge on any atom is -0.497 e. The van der Waals surface area contributed by atoms with Crippen molar-refractivity contribution in [3.05, 3.63) is 53.1 Å². The van der Waals surface area contributed by atoms with Gasteiger partial charge in [-0.3, -0.25) is 20.4 Å². The number of nitrogens with zero attached hydrogens (tertiary/aromatic N) is 2. The first-order valence-electron chi connectivity index (χ1n) is 8.78. The van der Waals surface area contributed by atoms with E-state index in [1.165, 1.54) is 36.3 Å². The van der Waals surface area contributed by atoms with Crippen LogP contribution in [0.1, 0.15) is 10.4 Å².